The summed E-state index contributed by atoms with van der Waals surface area (Å²) in [4.78, 5) is 25.7. The van der Waals surface area contributed by atoms with E-state index in [1.165, 1.54) is 0 Å². The first-order chi connectivity index (χ1) is 11.6. The van der Waals surface area contributed by atoms with Gasteiger partial charge < -0.3 is 20.1 Å². The van der Waals surface area contributed by atoms with E-state index in [1.54, 1.807) is 31.2 Å². The molecule has 0 aliphatic carbocycles. The van der Waals surface area contributed by atoms with Crippen LogP contribution in [0.15, 0.2) is 24.3 Å². The molecule has 1 heterocycles. The molecule has 24 heavy (non-hydrogen) atoms. The molecule has 2 amide bonds. The lowest BCUT2D eigenvalue weighted by Crippen LogP contribution is -2.46. The molecule has 6 heteroatoms. The average molecular weight is 334 g/mol. The predicted molar refractivity (Wildman–Crippen MR) is 91.9 cm³/mol. The lowest BCUT2D eigenvalue weighted by molar-refractivity contribution is -0.137. The van der Waals surface area contributed by atoms with Crippen LogP contribution in [0.2, 0.25) is 0 Å². The number of nitrogens with one attached hydrogen (secondary N) is 1. The zero-order chi connectivity index (χ0) is 17.4. The maximum Gasteiger partial charge on any atom is 0.260 e. The van der Waals surface area contributed by atoms with E-state index in [1.807, 2.05) is 4.90 Å². The molecule has 1 atom stereocenters. The van der Waals surface area contributed by atoms with Crippen molar-refractivity contribution < 1.29 is 19.4 Å². The second-order valence-corrected chi connectivity index (χ2v) is 5.97. The summed E-state index contributed by atoms with van der Waals surface area (Å²) < 4.78 is 5.60. The van der Waals surface area contributed by atoms with Gasteiger partial charge in [-0.05, 0) is 37.8 Å². The third-order valence-corrected chi connectivity index (χ3v) is 4.21. The number of aliphatic hydroxyl groups excluding tert-OH is 1. The molecular formula is C18H26N2O4. The molecule has 0 bridgehead atoms. The van der Waals surface area contributed by atoms with E-state index >= 15 is 0 Å². The first-order valence-corrected chi connectivity index (χ1v) is 8.57. The normalized spacial score (nSPS) is 17.4. The SMILES string of the molecule is CCC(=O)Nc1cccc(OCC(=O)N2CCCC[C@H]2CCO)c1. The van der Waals surface area contributed by atoms with Gasteiger partial charge in [0.05, 0.1) is 0 Å². The van der Waals surface area contributed by atoms with Gasteiger partial charge in [0.25, 0.3) is 5.91 Å². The zero-order valence-electron chi connectivity index (χ0n) is 14.2. The van der Waals surface area contributed by atoms with Crippen LogP contribution in [0.3, 0.4) is 0 Å². The van der Waals surface area contributed by atoms with Gasteiger partial charge in [-0.1, -0.05) is 13.0 Å². The quantitative estimate of drug-likeness (QED) is 0.801. The van der Waals surface area contributed by atoms with Crippen LogP contribution in [0.25, 0.3) is 0 Å². The number of carbonyl (C=O) groups excluding carboxylic acids is 2. The Kier molecular flexibility index (Phi) is 7.06. The summed E-state index contributed by atoms with van der Waals surface area (Å²) >= 11 is 0. The number of benzene rings is 1. The Hall–Kier alpha value is -2.08. The topological polar surface area (TPSA) is 78.9 Å². The second-order valence-electron chi connectivity index (χ2n) is 5.97. The molecule has 1 fully saturated rings. The van der Waals surface area contributed by atoms with Gasteiger partial charge in [0.15, 0.2) is 6.61 Å². The zero-order valence-corrected chi connectivity index (χ0v) is 14.2. The lowest BCUT2D eigenvalue weighted by Gasteiger charge is -2.35. The van der Waals surface area contributed by atoms with Gasteiger partial charge >= 0.3 is 0 Å². The van der Waals surface area contributed by atoms with Crippen LogP contribution in [0.4, 0.5) is 5.69 Å². The van der Waals surface area contributed by atoms with Gasteiger partial charge in [0.1, 0.15) is 5.75 Å². The van der Waals surface area contributed by atoms with Gasteiger partial charge in [-0.2, -0.15) is 0 Å². The third kappa shape index (κ3) is 5.23. The van der Waals surface area contributed by atoms with Crippen LogP contribution in [0, 0.1) is 0 Å². The first kappa shape index (κ1) is 18.3. The van der Waals surface area contributed by atoms with Crippen molar-refractivity contribution in [1.29, 1.82) is 0 Å². The smallest absolute Gasteiger partial charge is 0.260 e. The van der Waals surface area contributed by atoms with E-state index in [0.717, 1.165) is 25.8 Å². The van der Waals surface area contributed by atoms with Gasteiger partial charge in [0.2, 0.25) is 5.91 Å². The molecule has 0 aromatic heterocycles. The van der Waals surface area contributed by atoms with Crippen molar-refractivity contribution in [3.8, 4) is 5.75 Å². The van der Waals surface area contributed by atoms with Crippen LogP contribution in [-0.4, -0.2) is 47.6 Å². The molecule has 1 saturated heterocycles. The number of rotatable bonds is 7. The molecule has 1 aromatic rings. The monoisotopic (exact) mass is 334 g/mol. The van der Waals surface area contributed by atoms with Crippen LogP contribution in [0.5, 0.6) is 5.75 Å². The second kappa shape index (κ2) is 9.27. The van der Waals surface area contributed by atoms with Gasteiger partial charge in [-0.25, -0.2) is 0 Å². The standard InChI is InChI=1S/C18H26N2O4/c1-2-17(22)19-14-6-5-8-16(12-14)24-13-18(23)20-10-4-3-7-15(20)9-11-21/h5-6,8,12,15,21H,2-4,7,9-11,13H2,1H3,(H,19,22)/t15-/m0/s1. The molecule has 0 radical (unpaired) electrons. The Morgan fingerprint density at radius 1 is 1.38 bits per heavy atom. The lowest BCUT2D eigenvalue weighted by atomic mass is 9.99. The fourth-order valence-electron chi connectivity index (χ4n) is 2.92. The van der Waals surface area contributed by atoms with Crippen molar-refractivity contribution in [3.05, 3.63) is 24.3 Å². The fraction of sp³-hybridized carbons (Fsp3) is 0.556. The molecule has 2 rings (SSSR count). The number of carbonyl (C=O) groups is 2. The van der Waals surface area contributed by atoms with Crippen LogP contribution >= 0.6 is 0 Å². The Balaban J connectivity index is 1.91. The summed E-state index contributed by atoms with van der Waals surface area (Å²) in [6.45, 7) is 2.57. The molecule has 0 saturated carbocycles. The molecule has 132 valence electrons. The number of nitrogens with zero attached hydrogens (tertiary/aromatic N) is 1. The number of hydrogen-bond acceptors (Lipinski definition) is 4. The number of anilines is 1. The van der Waals surface area contributed by atoms with Gasteiger partial charge in [-0.15, -0.1) is 0 Å². The molecular weight excluding hydrogens is 308 g/mol. The van der Waals surface area contributed by atoms with Crippen LogP contribution in [-0.2, 0) is 9.59 Å². The highest BCUT2D eigenvalue weighted by atomic mass is 16.5. The third-order valence-electron chi connectivity index (χ3n) is 4.21. The number of amides is 2. The van der Waals surface area contributed by atoms with Crippen molar-refractivity contribution in [2.45, 2.75) is 45.1 Å². The Labute approximate surface area is 142 Å². The molecule has 1 aliphatic rings. The van der Waals surface area contributed by atoms with Crippen molar-refractivity contribution in [2.24, 2.45) is 0 Å². The largest absolute Gasteiger partial charge is 0.484 e. The summed E-state index contributed by atoms with van der Waals surface area (Å²) in [5.74, 6) is 0.424. The molecule has 0 spiro atoms. The number of aliphatic hydroxyl groups is 1. The summed E-state index contributed by atoms with van der Waals surface area (Å²) in [5, 5.41) is 11.9. The Bertz CT molecular complexity index is 560. The minimum Gasteiger partial charge on any atom is -0.484 e. The maximum atomic E-state index is 12.4. The van der Waals surface area contributed by atoms with Crippen LogP contribution < -0.4 is 10.1 Å². The molecule has 1 aromatic carbocycles. The summed E-state index contributed by atoms with van der Waals surface area (Å²) in [7, 11) is 0. The average Bonchev–Trinajstić information content (AvgIpc) is 2.60. The Morgan fingerprint density at radius 2 is 2.21 bits per heavy atom. The highest BCUT2D eigenvalue weighted by Crippen LogP contribution is 2.21. The number of piperidine rings is 1. The van der Waals surface area contributed by atoms with Crippen molar-refractivity contribution >= 4 is 17.5 Å². The highest BCUT2D eigenvalue weighted by molar-refractivity contribution is 5.90. The number of hydrogen-bond donors (Lipinski definition) is 2. The maximum absolute atomic E-state index is 12.4. The fourth-order valence-corrected chi connectivity index (χ4v) is 2.92. The van der Waals surface area contributed by atoms with E-state index in [9.17, 15) is 9.59 Å². The summed E-state index contributed by atoms with van der Waals surface area (Å²) in [6.07, 6.45) is 4.04. The number of likely N-dealkylation sites (tertiary alicyclic amines) is 1. The minimum absolute atomic E-state index is 0.0346. The van der Waals surface area contributed by atoms with E-state index in [0.29, 0.717) is 24.3 Å². The predicted octanol–water partition coefficient (Wildman–Crippen LogP) is 2.18. The van der Waals surface area contributed by atoms with Crippen molar-refractivity contribution in [3.63, 3.8) is 0 Å². The summed E-state index contributed by atoms with van der Waals surface area (Å²) in [5.41, 5.74) is 0.655. The van der Waals surface area contributed by atoms with Gasteiger partial charge in [-0.3, -0.25) is 9.59 Å². The molecule has 0 unspecified atom stereocenters. The van der Waals surface area contributed by atoms with E-state index < -0.39 is 0 Å². The van der Waals surface area contributed by atoms with E-state index in [-0.39, 0.29) is 31.1 Å². The molecule has 1 aliphatic heterocycles. The van der Waals surface area contributed by atoms with Crippen LogP contribution in [0.1, 0.15) is 39.0 Å². The number of ether oxygens (including phenoxy) is 1. The highest BCUT2D eigenvalue weighted by Gasteiger charge is 2.26. The minimum atomic E-state index is -0.0663. The molecule has 2 N–H and O–H groups in total. The van der Waals surface area contributed by atoms with Gasteiger partial charge in [0, 0.05) is 37.4 Å². The first-order valence-electron chi connectivity index (χ1n) is 8.57. The van der Waals surface area contributed by atoms with E-state index in [4.69, 9.17) is 9.84 Å². The summed E-state index contributed by atoms with van der Waals surface area (Å²) in [6, 6.07) is 7.14. The van der Waals surface area contributed by atoms with E-state index in [2.05, 4.69) is 5.32 Å². The van der Waals surface area contributed by atoms with Crippen molar-refractivity contribution in [1.82, 2.24) is 4.90 Å². The Morgan fingerprint density at radius 3 is 2.96 bits per heavy atom. The van der Waals surface area contributed by atoms with Crippen molar-refractivity contribution in [2.75, 3.05) is 25.1 Å². The molecule has 6 nitrogen and oxygen atoms in total.